The summed E-state index contributed by atoms with van der Waals surface area (Å²) < 4.78 is 1.52. The van der Waals surface area contributed by atoms with Gasteiger partial charge in [0.05, 0.1) is 0 Å². The summed E-state index contributed by atoms with van der Waals surface area (Å²) in [6.45, 7) is 5.45. The van der Waals surface area contributed by atoms with Gasteiger partial charge in [0.15, 0.2) is 0 Å². The van der Waals surface area contributed by atoms with Crippen LogP contribution in [0.4, 0.5) is 5.95 Å². The van der Waals surface area contributed by atoms with Crippen LogP contribution in [0.25, 0.3) is 0 Å². The predicted molar refractivity (Wildman–Crippen MR) is 77.9 cm³/mol. The quantitative estimate of drug-likeness (QED) is 0.859. The highest BCUT2D eigenvalue weighted by atomic mass is 16.2. The maximum atomic E-state index is 12.5. The highest BCUT2D eigenvalue weighted by Gasteiger charge is 2.26. The second-order valence-corrected chi connectivity index (χ2v) is 6.01. The first-order valence-electron chi connectivity index (χ1n) is 7.50. The Bertz CT molecular complexity index is 437. The number of nitrogens with two attached hydrogens (primary N) is 1. The van der Waals surface area contributed by atoms with Gasteiger partial charge in [-0.3, -0.25) is 4.79 Å². The molecule has 1 saturated carbocycles. The van der Waals surface area contributed by atoms with Crippen molar-refractivity contribution < 1.29 is 4.79 Å². The van der Waals surface area contributed by atoms with Crippen LogP contribution in [0.3, 0.4) is 0 Å². The van der Waals surface area contributed by atoms with Crippen molar-refractivity contribution in [2.45, 2.75) is 58.5 Å². The van der Waals surface area contributed by atoms with Crippen LogP contribution < -0.4 is 5.73 Å². The smallest absolute Gasteiger partial charge is 0.244 e. The number of carbonyl (C=O) groups is 1. The van der Waals surface area contributed by atoms with Crippen molar-refractivity contribution >= 4 is 11.9 Å². The second kappa shape index (κ2) is 6.72. The molecule has 0 saturated heterocycles. The van der Waals surface area contributed by atoms with Gasteiger partial charge in [-0.15, -0.1) is 5.10 Å². The van der Waals surface area contributed by atoms with Crippen molar-refractivity contribution in [1.29, 1.82) is 0 Å². The summed E-state index contributed by atoms with van der Waals surface area (Å²) in [4.78, 5) is 18.4. The molecule has 1 aromatic heterocycles. The normalized spacial score (nSPS) is 15.9. The fraction of sp³-hybridized carbons (Fsp3) is 0.786. The third kappa shape index (κ3) is 3.95. The number of amides is 1. The van der Waals surface area contributed by atoms with Crippen LogP contribution in [-0.2, 0) is 11.3 Å². The van der Waals surface area contributed by atoms with Crippen LogP contribution in [0.15, 0.2) is 6.33 Å². The van der Waals surface area contributed by atoms with Gasteiger partial charge >= 0.3 is 0 Å². The van der Waals surface area contributed by atoms with E-state index in [1.165, 1.54) is 23.9 Å². The molecule has 1 fully saturated rings. The van der Waals surface area contributed by atoms with Crippen LogP contribution in [-0.4, -0.2) is 38.2 Å². The monoisotopic (exact) mass is 279 g/mol. The van der Waals surface area contributed by atoms with Gasteiger partial charge in [0.1, 0.15) is 12.9 Å². The Morgan fingerprint density at radius 3 is 2.75 bits per heavy atom. The first-order chi connectivity index (χ1) is 9.56. The SMILES string of the molecule is CC(C)CCN(C(=O)Cn1cnc(N)n1)C1CCCC1. The number of aromatic nitrogens is 3. The summed E-state index contributed by atoms with van der Waals surface area (Å²) in [5, 5.41) is 3.99. The van der Waals surface area contributed by atoms with Crippen LogP contribution in [0, 0.1) is 5.92 Å². The molecule has 1 amide bonds. The van der Waals surface area contributed by atoms with E-state index in [0.29, 0.717) is 12.0 Å². The van der Waals surface area contributed by atoms with E-state index in [-0.39, 0.29) is 18.4 Å². The molecule has 0 radical (unpaired) electrons. The molecule has 1 aromatic rings. The summed E-state index contributed by atoms with van der Waals surface area (Å²) in [6.07, 6.45) is 7.27. The standard InChI is InChI=1S/C14H25N5O/c1-11(2)7-8-19(12-5-3-4-6-12)13(20)9-18-10-16-14(15)17-18/h10-12H,3-9H2,1-2H3,(H2,15,17). The Kier molecular flexibility index (Phi) is 4.98. The van der Waals surface area contributed by atoms with Gasteiger partial charge in [-0.1, -0.05) is 26.7 Å². The molecule has 1 aliphatic rings. The molecule has 6 heteroatoms. The van der Waals surface area contributed by atoms with E-state index in [0.717, 1.165) is 25.8 Å². The third-order valence-corrected chi connectivity index (χ3v) is 3.88. The lowest BCUT2D eigenvalue weighted by molar-refractivity contribution is -0.134. The average molecular weight is 279 g/mol. The molecule has 0 aromatic carbocycles. The van der Waals surface area contributed by atoms with Gasteiger partial charge in [0.2, 0.25) is 11.9 Å². The number of anilines is 1. The zero-order chi connectivity index (χ0) is 14.5. The molecule has 0 unspecified atom stereocenters. The fourth-order valence-electron chi connectivity index (χ4n) is 2.74. The third-order valence-electron chi connectivity index (χ3n) is 3.88. The van der Waals surface area contributed by atoms with Gasteiger partial charge in [-0.05, 0) is 25.2 Å². The van der Waals surface area contributed by atoms with Crippen molar-refractivity contribution in [3.8, 4) is 0 Å². The van der Waals surface area contributed by atoms with Gasteiger partial charge in [0, 0.05) is 12.6 Å². The van der Waals surface area contributed by atoms with Gasteiger partial charge in [0.25, 0.3) is 0 Å². The zero-order valence-electron chi connectivity index (χ0n) is 12.5. The van der Waals surface area contributed by atoms with Crippen molar-refractivity contribution in [3.63, 3.8) is 0 Å². The zero-order valence-corrected chi connectivity index (χ0v) is 12.5. The lowest BCUT2D eigenvalue weighted by atomic mass is 10.1. The number of carbonyl (C=O) groups excluding carboxylic acids is 1. The van der Waals surface area contributed by atoms with E-state index in [4.69, 9.17) is 5.73 Å². The molecular weight excluding hydrogens is 254 g/mol. The maximum Gasteiger partial charge on any atom is 0.244 e. The molecule has 20 heavy (non-hydrogen) atoms. The molecule has 0 bridgehead atoms. The van der Waals surface area contributed by atoms with E-state index in [1.807, 2.05) is 4.90 Å². The Morgan fingerprint density at radius 2 is 2.20 bits per heavy atom. The van der Waals surface area contributed by atoms with E-state index in [9.17, 15) is 4.79 Å². The van der Waals surface area contributed by atoms with Gasteiger partial charge in [-0.2, -0.15) is 0 Å². The highest BCUT2D eigenvalue weighted by Crippen LogP contribution is 2.24. The number of nitrogen functional groups attached to an aromatic ring is 1. The summed E-state index contributed by atoms with van der Waals surface area (Å²) in [5.74, 6) is 0.948. The number of rotatable bonds is 6. The minimum absolute atomic E-state index is 0.127. The minimum Gasteiger partial charge on any atom is -0.367 e. The molecule has 0 atom stereocenters. The Labute approximate surface area is 120 Å². The summed E-state index contributed by atoms with van der Waals surface area (Å²) in [5.41, 5.74) is 5.48. The molecule has 1 aliphatic carbocycles. The molecule has 0 aliphatic heterocycles. The maximum absolute atomic E-state index is 12.5. The molecule has 2 rings (SSSR count). The Balaban J connectivity index is 1.98. The number of hydrogen-bond donors (Lipinski definition) is 1. The first-order valence-corrected chi connectivity index (χ1v) is 7.50. The lowest BCUT2D eigenvalue weighted by Gasteiger charge is -2.29. The van der Waals surface area contributed by atoms with Crippen LogP contribution in [0.1, 0.15) is 46.0 Å². The van der Waals surface area contributed by atoms with E-state index < -0.39 is 0 Å². The summed E-state index contributed by atoms with van der Waals surface area (Å²) in [6, 6.07) is 0.405. The average Bonchev–Trinajstić information content (AvgIpc) is 3.01. The Hall–Kier alpha value is -1.59. The van der Waals surface area contributed by atoms with Crippen LogP contribution >= 0.6 is 0 Å². The van der Waals surface area contributed by atoms with Crippen molar-refractivity contribution in [2.75, 3.05) is 12.3 Å². The second-order valence-electron chi connectivity index (χ2n) is 6.01. The predicted octanol–water partition coefficient (Wildman–Crippen LogP) is 1.68. The molecule has 0 spiro atoms. The molecule has 112 valence electrons. The Morgan fingerprint density at radius 1 is 1.50 bits per heavy atom. The fourth-order valence-corrected chi connectivity index (χ4v) is 2.74. The molecule has 2 N–H and O–H groups in total. The number of hydrogen-bond acceptors (Lipinski definition) is 4. The highest BCUT2D eigenvalue weighted by molar-refractivity contribution is 5.76. The topological polar surface area (TPSA) is 77.0 Å². The van der Waals surface area contributed by atoms with E-state index in [1.54, 1.807) is 0 Å². The first kappa shape index (κ1) is 14.8. The van der Waals surface area contributed by atoms with Crippen LogP contribution in [0.5, 0.6) is 0 Å². The summed E-state index contributed by atoms with van der Waals surface area (Å²) >= 11 is 0. The van der Waals surface area contributed by atoms with Crippen LogP contribution in [0.2, 0.25) is 0 Å². The minimum atomic E-state index is 0.127. The molecule has 1 heterocycles. The largest absolute Gasteiger partial charge is 0.367 e. The van der Waals surface area contributed by atoms with Gasteiger partial charge < -0.3 is 10.6 Å². The van der Waals surface area contributed by atoms with Crippen molar-refractivity contribution in [1.82, 2.24) is 19.7 Å². The van der Waals surface area contributed by atoms with E-state index in [2.05, 4.69) is 23.9 Å². The van der Waals surface area contributed by atoms with Gasteiger partial charge in [-0.25, -0.2) is 9.67 Å². The van der Waals surface area contributed by atoms with Crippen molar-refractivity contribution in [3.05, 3.63) is 6.33 Å². The molecule has 6 nitrogen and oxygen atoms in total. The number of nitrogens with zero attached hydrogens (tertiary/aromatic N) is 4. The van der Waals surface area contributed by atoms with E-state index >= 15 is 0 Å². The van der Waals surface area contributed by atoms with Crippen molar-refractivity contribution in [2.24, 2.45) is 5.92 Å². The summed E-state index contributed by atoms with van der Waals surface area (Å²) in [7, 11) is 0. The lowest BCUT2D eigenvalue weighted by Crippen LogP contribution is -2.41. The molecular formula is C14H25N5O.